The van der Waals surface area contributed by atoms with Crippen molar-refractivity contribution in [1.82, 2.24) is 4.90 Å². The Balaban J connectivity index is 1.91. The van der Waals surface area contributed by atoms with Gasteiger partial charge in [0.05, 0.1) is 18.5 Å². The molecule has 0 aliphatic carbocycles. The number of anilines is 2. The van der Waals surface area contributed by atoms with E-state index in [0.717, 1.165) is 17.1 Å². The molecule has 0 spiro atoms. The molecule has 1 aliphatic rings. The Hall–Kier alpha value is -1.42. The minimum atomic E-state index is 0.516. The number of nitrogens with two attached hydrogens (primary N) is 1. The number of likely N-dealkylation sites (tertiary alicyclic amines) is 1. The molecule has 1 aromatic rings. The van der Waals surface area contributed by atoms with Gasteiger partial charge in [-0.25, -0.2) is 0 Å². The topological polar surface area (TPSA) is 50.5 Å². The van der Waals surface area contributed by atoms with Gasteiger partial charge in [0.1, 0.15) is 5.75 Å². The summed E-state index contributed by atoms with van der Waals surface area (Å²) in [5, 5.41) is 3.55. The molecule has 1 fully saturated rings. The number of rotatable bonds is 5. The summed E-state index contributed by atoms with van der Waals surface area (Å²) in [7, 11) is 1.68. The van der Waals surface area contributed by atoms with Crippen LogP contribution in [0.5, 0.6) is 5.75 Å². The third-order valence-electron chi connectivity index (χ3n) is 3.75. The van der Waals surface area contributed by atoms with E-state index >= 15 is 0 Å². The van der Waals surface area contributed by atoms with Crippen molar-refractivity contribution in [2.75, 3.05) is 37.8 Å². The van der Waals surface area contributed by atoms with Gasteiger partial charge in [-0.15, -0.1) is 0 Å². The maximum absolute atomic E-state index is 6.01. The van der Waals surface area contributed by atoms with Crippen LogP contribution >= 0.6 is 0 Å². The summed E-state index contributed by atoms with van der Waals surface area (Å²) in [5.41, 5.74) is 7.79. The number of benzene rings is 1. The average molecular weight is 263 g/mol. The van der Waals surface area contributed by atoms with Crippen LogP contribution in [-0.4, -0.2) is 37.7 Å². The fourth-order valence-electron chi connectivity index (χ4n) is 2.62. The Bertz CT molecular complexity index is 400. The zero-order chi connectivity index (χ0) is 13.7. The first-order chi connectivity index (χ1) is 9.22. The molecular formula is C15H25N3O. The van der Waals surface area contributed by atoms with Gasteiger partial charge in [0.15, 0.2) is 0 Å². The lowest BCUT2D eigenvalue weighted by atomic mass is 10.0. The molecule has 3 N–H and O–H groups in total. The molecule has 0 saturated carbocycles. The van der Waals surface area contributed by atoms with E-state index in [4.69, 9.17) is 10.5 Å². The van der Waals surface area contributed by atoms with Crippen molar-refractivity contribution in [3.63, 3.8) is 0 Å². The second kappa shape index (κ2) is 6.66. The van der Waals surface area contributed by atoms with E-state index < -0.39 is 0 Å². The molecule has 19 heavy (non-hydrogen) atoms. The maximum Gasteiger partial charge on any atom is 0.121 e. The molecule has 0 unspecified atom stereocenters. The van der Waals surface area contributed by atoms with E-state index in [-0.39, 0.29) is 0 Å². The van der Waals surface area contributed by atoms with Gasteiger partial charge in [-0.1, -0.05) is 6.92 Å². The lowest BCUT2D eigenvalue weighted by molar-refractivity contribution is 0.219. The third-order valence-corrected chi connectivity index (χ3v) is 3.75. The standard InChI is InChI=1S/C15H25N3O/c1-3-8-18-9-6-12(7-10-18)17-15-11-13(19-2)4-5-14(15)16/h4-5,11-12,17H,3,6-10,16H2,1-2H3. The Morgan fingerprint density at radius 1 is 1.37 bits per heavy atom. The van der Waals surface area contributed by atoms with Crippen molar-refractivity contribution in [1.29, 1.82) is 0 Å². The molecule has 0 bridgehead atoms. The maximum atomic E-state index is 6.01. The van der Waals surface area contributed by atoms with Crippen LogP contribution in [0.2, 0.25) is 0 Å². The van der Waals surface area contributed by atoms with Crippen LogP contribution in [-0.2, 0) is 0 Å². The molecule has 106 valence electrons. The molecule has 2 rings (SSSR count). The van der Waals surface area contributed by atoms with E-state index in [1.165, 1.54) is 38.9 Å². The molecule has 1 aliphatic heterocycles. The number of hydrogen-bond acceptors (Lipinski definition) is 4. The largest absolute Gasteiger partial charge is 0.497 e. The van der Waals surface area contributed by atoms with Gasteiger partial charge in [-0.05, 0) is 37.9 Å². The Labute approximate surface area is 115 Å². The van der Waals surface area contributed by atoms with Gasteiger partial charge >= 0.3 is 0 Å². The van der Waals surface area contributed by atoms with Gasteiger partial charge in [-0.2, -0.15) is 0 Å². The predicted molar refractivity (Wildman–Crippen MR) is 80.8 cm³/mol. The zero-order valence-corrected chi connectivity index (χ0v) is 12.0. The van der Waals surface area contributed by atoms with Crippen LogP contribution in [0.4, 0.5) is 11.4 Å². The fourth-order valence-corrected chi connectivity index (χ4v) is 2.62. The quantitative estimate of drug-likeness (QED) is 0.802. The van der Waals surface area contributed by atoms with Gasteiger partial charge < -0.3 is 20.7 Å². The summed E-state index contributed by atoms with van der Waals surface area (Å²) < 4.78 is 5.24. The SMILES string of the molecule is CCCN1CCC(Nc2cc(OC)ccc2N)CC1. The normalized spacial score (nSPS) is 17.4. The fraction of sp³-hybridized carbons (Fsp3) is 0.600. The number of nitrogen functional groups attached to an aromatic ring is 1. The van der Waals surface area contributed by atoms with Crippen LogP contribution in [0.3, 0.4) is 0 Å². The highest BCUT2D eigenvalue weighted by Gasteiger charge is 2.18. The number of nitrogens with zero attached hydrogens (tertiary/aromatic N) is 1. The molecule has 0 radical (unpaired) electrons. The highest BCUT2D eigenvalue weighted by atomic mass is 16.5. The third kappa shape index (κ3) is 3.77. The molecule has 0 aromatic heterocycles. The van der Waals surface area contributed by atoms with E-state index in [0.29, 0.717) is 6.04 Å². The summed E-state index contributed by atoms with van der Waals surface area (Å²) in [4.78, 5) is 2.53. The lowest BCUT2D eigenvalue weighted by Crippen LogP contribution is -2.39. The Morgan fingerprint density at radius 3 is 2.74 bits per heavy atom. The highest BCUT2D eigenvalue weighted by Crippen LogP contribution is 2.26. The number of nitrogens with one attached hydrogen (secondary N) is 1. The van der Waals surface area contributed by atoms with Gasteiger partial charge in [-0.3, -0.25) is 0 Å². The minimum absolute atomic E-state index is 0.516. The number of piperidine rings is 1. The van der Waals surface area contributed by atoms with Crippen molar-refractivity contribution in [2.45, 2.75) is 32.2 Å². The smallest absolute Gasteiger partial charge is 0.121 e. The summed E-state index contributed by atoms with van der Waals surface area (Å²) in [6.45, 7) is 5.81. The van der Waals surface area contributed by atoms with Crippen LogP contribution in [0.25, 0.3) is 0 Å². The average Bonchev–Trinajstić information content (AvgIpc) is 2.44. The van der Waals surface area contributed by atoms with Crippen molar-refractivity contribution in [3.05, 3.63) is 18.2 Å². The number of ether oxygens (including phenoxy) is 1. The highest BCUT2D eigenvalue weighted by molar-refractivity contribution is 5.68. The molecular weight excluding hydrogens is 238 g/mol. The number of methoxy groups -OCH3 is 1. The molecule has 1 heterocycles. The first kappa shape index (κ1) is 14.0. The second-order valence-corrected chi connectivity index (χ2v) is 5.21. The van der Waals surface area contributed by atoms with Crippen LogP contribution in [0.1, 0.15) is 26.2 Å². The van der Waals surface area contributed by atoms with Gasteiger partial charge in [0.25, 0.3) is 0 Å². The van der Waals surface area contributed by atoms with Crippen molar-refractivity contribution < 1.29 is 4.74 Å². The van der Waals surface area contributed by atoms with Crippen molar-refractivity contribution in [2.24, 2.45) is 0 Å². The first-order valence-electron chi connectivity index (χ1n) is 7.15. The molecule has 4 heteroatoms. The second-order valence-electron chi connectivity index (χ2n) is 5.21. The molecule has 1 saturated heterocycles. The summed E-state index contributed by atoms with van der Waals surface area (Å²) >= 11 is 0. The number of hydrogen-bond donors (Lipinski definition) is 2. The van der Waals surface area contributed by atoms with Crippen molar-refractivity contribution in [3.8, 4) is 5.75 Å². The molecule has 1 aromatic carbocycles. The molecule has 0 atom stereocenters. The summed E-state index contributed by atoms with van der Waals surface area (Å²) in [5.74, 6) is 0.847. The lowest BCUT2D eigenvalue weighted by Gasteiger charge is -2.32. The van der Waals surface area contributed by atoms with Gasteiger partial charge in [0.2, 0.25) is 0 Å². The van der Waals surface area contributed by atoms with Gasteiger partial charge in [0, 0.05) is 25.2 Å². The summed E-state index contributed by atoms with van der Waals surface area (Å²) in [6, 6.07) is 6.29. The van der Waals surface area contributed by atoms with E-state index in [1.54, 1.807) is 7.11 Å². The monoisotopic (exact) mass is 263 g/mol. The van der Waals surface area contributed by atoms with E-state index in [1.807, 2.05) is 18.2 Å². The van der Waals surface area contributed by atoms with Crippen LogP contribution in [0, 0.1) is 0 Å². The van der Waals surface area contributed by atoms with E-state index in [9.17, 15) is 0 Å². The first-order valence-corrected chi connectivity index (χ1v) is 7.15. The Kier molecular flexibility index (Phi) is 4.91. The summed E-state index contributed by atoms with van der Waals surface area (Å²) in [6.07, 6.45) is 3.59. The van der Waals surface area contributed by atoms with Crippen LogP contribution in [0.15, 0.2) is 18.2 Å². The molecule has 4 nitrogen and oxygen atoms in total. The predicted octanol–water partition coefficient (Wildman–Crippen LogP) is 2.56. The molecule has 0 amide bonds. The minimum Gasteiger partial charge on any atom is -0.497 e. The van der Waals surface area contributed by atoms with Crippen molar-refractivity contribution >= 4 is 11.4 Å². The zero-order valence-electron chi connectivity index (χ0n) is 12.0. The van der Waals surface area contributed by atoms with E-state index in [2.05, 4.69) is 17.1 Å². The Morgan fingerprint density at radius 2 is 2.11 bits per heavy atom. The van der Waals surface area contributed by atoms with Crippen LogP contribution < -0.4 is 15.8 Å².